The Morgan fingerprint density at radius 1 is 1.29 bits per heavy atom. The summed E-state index contributed by atoms with van der Waals surface area (Å²) in [5, 5.41) is 0. The lowest BCUT2D eigenvalue weighted by atomic mass is 9.85. The first-order valence-corrected chi connectivity index (χ1v) is 5.22. The van der Waals surface area contributed by atoms with Gasteiger partial charge in [-0.05, 0) is 37.0 Å². The van der Waals surface area contributed by atoms with Gasteiger partial charge in [0.25, 0.3) is 0 Å². The second-order valence-corrected chi connectivity index (χ2v) is 4.72. The quantitative estimate of drug-likeness (QED) is 0.600. The van der Waals surface area contributed by atoms with E-state index >= 15 is 0 Å². The van der Waals surface area contributed by atoms with Crippen LogP contribution in [0.25, 0.3) is 0 Å². The summed E-state index contributed by atoms with van der Waals surface area (Å²) in [6, 6.07) is 0. The number of halogens is 3. The van der Waals surface area contributed by atoms with Crippen LogP contribution in [0.2, 0.25) is 0 Å². The Balaban J connectivity index is 1.90. The Labute approximate surface area is 82.2 Å². The van der Waals surface area contributed by atoms with Crippen LogP contribution in [0.1, 0.15) is 26.2 Å². The molecular weight excluding hydrogens is 189 g/mol. The van der Waals surface area contributed by atoms with E-state index in [1.807, 2.05) is 0 Å². The fourth-order valence-electron chi connectivity index (χ4n) is 2.75. The molecule has 0 saturated heterocycles. The molecule has 0 aromatic heterocycles. The molecule has 1 fully saturated rings. The lowest BCUT2D eigenvalue weighted by molar-refractivity contribution is -0.174. The summed E-state index contributed by atoms with van der Waals surface area (Å²) < 4.78 is 37.0. The first kappa shape index (κ1) is 10.1. The van der Waals surface area contributed by atoms with E-state index in [1.165, 1.54) is 6.92 Å². The Kier molecular flexibility index (Phi) is 2.36. The van der Waals surface area contributed by atoms with Gasteiger partial charge in [0.2, 0.25) is 0 Å². The fourth-order valence-corrected chi connectivity index (χ4v) is 2.75. The topological polar surface area (TPSA) is 0 Å². The van der Waals surface area contributed by atoms with Crippen LogP contribution in [0, 0.1) is 23.7 Å². The zero-order valence-electron chi connectivity index (χ0n) is 8.22. The van der Waals surface area contributed by atoms with E-state index in [2.05, 4.69) is 12.2 Å². The minimum absolute atomic E-state index is 0.279. The predicted octanol–water partition coefficient (Wildman–Crippen LogP) is 3.79. The van der Waals surface area contributed by atoms with E-state index in [0.29, 0.717) is 18.3 Å². The van der Waals surface area contributed by atoms with Crippen molar-refractivity contribution in [3.63, 3.8) is 0 Å². The monoisotopic (exact) mass is 204 g/mol. The van der Waals surface area contributed by atoms with Crippen molar-refractivity contribution in [3.05, 3.63) is 12.2 Å². The molecule has 0 amide bonds. The average molecular weight is 204 g/mol. The zero-order valence-corrected chi connectivity index (χ0v) is 8.22. The van der Waals surface area contributed by atoms with E-state index < -0.39 is 12.1 Å². The normalized spacial score (nSPS) is 37.9. The van der Waals surface area contributed by atoms with Crippen molar-refractivity contribution in [2.45, 2.75) is 32.4 Å². The number of allylic oxidation sites excluding steroid dienone is 2. The van der Waals surface area contributed by atoms with Crippen molar-refractivity contribution in [2.24, 2.45) is 23.7 Å². The van der Waals surface area contributed by atoms with E-state index in [4.69, 9.17) is 0 Å². The molecule has 2 rings (SSSR count). The van der Waals surface area contributed by atoms with Crippen LogP contribution in [0.3, 0.4) is 0 Å². The minimum atomic E-state index is -4.01. The Hall–Kier alpha value is -0.470. The van der Waals surface area contributed by atoms with Gasteiger partial charge < -0.3 is 0 Å². The van der Waals surface area contributed by atoms with Crippen LogP contribution in [0.5, 0.6) is 0 Å². The maximum absolute atomic E-state index is 12.3. The molecule has 0 aromatic rings. The molecule has 2 aliphatic carbocycles. The van der Waals surface area contributed by atoms with Crippen molar-refractivity contribution in [2.75, 3.05) is 0 Å². The fraction of sp³-hybridized carbons (Fsp3) is 0.818. The molecule has 4 atom stereocenters. The van der Waals surface area contributed by atoms with Crippen molar-refractivity contribution >= 4 is 0 Å². The Morgan fingerprint density at radius 2 is 2.00 bits per heavy atom. The number of fused-ring (bicyclic) bond motifs is 2. The highest BCUT2D eigenvalue weighted by Crippen LogP contribution is 2.47. The molecule has 0 radical (unpaired) electrons. The summed E-state index contributed by atoms with van der Waals surface area (Å²) in [5.41, 5.74) is 0. The first-order chi connectivity index (χ1) is 6.47. The highest BCUT2D eigenvalue weighted by molar-refractivity contribution is 5.10. The largest absolute Gasteiger partial charge is 0.391 e. The Morgan fingerprint density at radius 3 is 2.43 bits per heavy atom. The van der Waals surface area contributed by atoms with Gasteiger partial charge in [-0.3, -0.25) is 0 Å². The third-order valence-corrected chi connectivity index (χ3v) is 3.63. The van der Waals surface area contributed by atoms with E-state index in [-0.39, 0.29) is 5.92 Å². The average Bonchev–Trinajstić information content (AvgIpc) is 2.62. The summed E-state index contributed by atoms with van der Waals surface area (Å²) in [6.07, 6.45) is 2.65. The summed E-state index contributed by atoms with van der Waals surface area (Å²) >= 11 is 0. The molecule has 0 N–H and O–H groups in total. The van der Waals surface area contributed by atoms with E-state index in [0.717, 1.165) is 12.8 Å². The summed E-state index contributed by atoms with van der Waals surface area (Å²) in [6.45, 7) is 1.30. The molecule has 80 valence electrons. The lowest BCUT2D eigenvalue weighted by Gasteiger charge is -2.23. The summed E-state index contributed by atoms with van der Waals surface area (Å²) in [4.78, 5) is 0. The van der Waals surface area contributed by atoms with Crippen LogP contribution in [0.15, 0.2) is 12.2 Å². The lowest BCUT2D eigenvalue weighted by Crippen LogP contribution is -2.24. The Bertz CT molecular complexity index is 241. The van der Waals surface area contributed by atoms with Crippen LogP contribution < -0.4 is 0 Å². The molecule has 0 aliphatic heterocycles. The molecule has 2 aliphatic rings. The minimum Gasteiger partial charge on any atom is -0.171 e. The van der Waals surface area contributed by atoms with Gasteiger partial charge in [-0.25, -0.2) is 0 Å². The maximum Gasteiger partial charge on any atom is 0.391 e. The molecular formula is C11H15F3. The van der Waals surface area contributed by atoms with Crippen LogP contribution >= 0.6 is 0 Å². The van der Waals surface area contributed by atoms with Gasteiger partial charge in [-0.15, -0.1) is 0 Å². The van der Waals surface area contributed by atoms with Crippen molar-refractivity contribution < 1.29 is 13.2 Å². The second kappa shape index (κ2) is 3.28. The standard InChI is InChI=1S/C11H15F3/c1-7(11(12,13)14)4-10-6-8-2-3-9(10)5-8/h2-3,7-10H,4-6H2,1H3. The van der Waals surface area contributed by atoms with Crippen molar-refractivity contribution in [1.82, 2.24) is 0 Å². The predicted molar refractivity (Wildman–Crippen MR) is 48.7 cm³/mol. The van der Waals surface area contributed by atoms with Gasteiger partial charge in [0.05, 0.1) is 5.92 Å². The van der Waals surface area contributed by atoms with Gasteiger partial charge in [0.15, 0.2) is 0 Å². The first-order valence-electron chi connectivity index (χ1n) is 5.22. The van der Waals surface area contributed by atoms with Gasteiger partial charge >= 0.3 is 6.18 Å². The molecule has 1 saturated carbocycles. The summed E-state index contributed by atoms with van der Waals surface area (Å²) in [5.74, 6) is 0.150. The molecule has 0 heterocycles. The molecule has 0 nitrogen and oxygen atoms in total. The number of alkyl halides is 3. The van der Waals surface area contributed by atoms with Crippen molar-refractivity contribution in [3.8, 4) is 0 Å². The maximum atomic E-state index is 12.3. The van der Waals surface area contributed by atoms with Crippen LogP contribution in [-0.2, 0) is 0 Å². The molecule has 0 spiro atoms. The third kappa shape index (κ3) is 1.82. The van der Waals surface area contributed by atoms with Gasteiger partial charge in [-0.1, -0.05) is 19.1 Å². The number of rotatable bonds is 2. The number of hydrogen-bond donors (Lipinski definition) is 0. The summed E-state index contributed by atoms with van der Waals surface area (Å²) in [7, 11) is 0. The molecule has 4 unspecified atom stereocenters. The van der Waals surface area contributed by atoms with E-state index in [9.17, 15) is 13.2 Å². The second-order valence-electron chi connectivity index (χ2n) is 4.72. The zero-order chi connectivity index (χ0) is 10.3. The third-order valence-electron chi connectivity index (χ3n) is 3.63. The van der Waals surface area contributed by atoms with Gasteiger partial charge in [-0.2, -0.15) is 13.2 Å². The highest BCUT2D eigenvalue weighted by atomic mass is 19.4. The molecule has 3 heteroatoms. The smallest absolute Gasteiger partial charge is 0.171 e. The molecule has 14 heavy (non-hydrogen) atoms. The highest BCUT2D eigenvalue weighted by Gasteiger charge is 2.42. The molecule has 0 aromatic carbocycles. The van der Waals surface area contributed by atoms with Crippen LogP contribution in [-0.4, -0.2) is 6.18 Å². The SMILES string of the molecule is CC(CC1CC2C=CC1C2)C(F)(F)F. The van der Waals surface area contributed by atoms with Gasteiger partial charge in [0.1, 0.15) is 0 Å². The van der Waals surface area contributed by atoms with E-state index in [1.54, 1.807) is 0 Å². The van der Waals surface area contributed by atoms with Crippen LogP contribution in [0.4, 0.5) is 13.2 Å². The van der Waals surface area contributed by atoms with Crippen molar-refractivity contribution in [1.29, 1.82) is 0 Å². The number of hydrogen-bond acceptors (Lipinski definition) is 0. The van der Waals surface area contributed by atoms with Gasteiger partial charge in [0, 0.05) is 0 Å². The molecule has 2 bridgehead atoms.